The summed E-state index contributed by atoms with van der Waals surface area (Å²) in [4.78, 5) is 29.2. The third-order valence-corrected chi connectivity index (χ3v) is 2.92. The number of carbonyl (C=O) groups excluding carboxylic acids is 1. The monoisotopic (exact) mass is 318 g/mol. The van der Waals surface area contributed by atoms with Gasteiger partial charge < -0.3 is 4.90 Å². The zero-order valence-corrected chi connectivity index (χ0v) is 10.9. The summed E-state index contributed by atoms with van der Waals surface area (Å²) in [5.74, 6) is -0.366. The van der Waals surface area contributed by atoms with Crippen LogP contribution >= 0.6 is 0 Å². The minimum atomic E-state index is -4.78. The Morgan fingerprint density at radius 3 is 2.73 bits per heavy atom. The van der Waals surface area contributed by atoms with E-state index in [1.54, 1.807) is 0 Å². The van der Waals surface area contributed by atoms with Gasteiger partial charge in [-0.25, -0.2) is 14.2 Å². The number of carbonyl (C=O) groups is 1. The predicted octanol–water partition coefficient (Wildman–Crippen LogP) is -0.722. The van der Waals surface area contributed by atoms with E-state index < -0.39 is 25.2 Å². The van der Waals surface area contributed by atoms with E-state index >= 15 is 0 Å². The smallest absolute Gasteiger partial charge is 0.334 e. The summed E-state index contributed by atoms with van der Waals surface area (Å²) in [6, 6.07) is 0. The Morgan fingerprint density at radius 2 is 2.09 bits per heavy atom. The molecule has 0 saturated carbocycles. The first-order chi connectivity index (χ1) is 10.4. The second-order valence-electron chi connectivity index (χ2n) is 4.47. The molecule has 9 nitrogen and oxygen atoms in total. The van der Waals surface area contributed by atoms with Gasteiger partial charge in [0.25, 0.3) is 5.91 Å². The summed E-state index contributed by atoms with van der Waals surface area (Å²) in [6.45, 7) is 0.000974. The fourth-order valence-electron chi connectivity index (χ4n) is 1.78. The summed E-state index contributed by atoms with van der Waals surface area (Å²) >= 11 is 0. The van der Waals surface area contributed by atoms with Gasteiger partial charge in [0.15, 0.2) is 11.3 Å². The molecular formula is C10H9F3N6O3. The molecule has 3 rings (SSSR count). The second-order valence-corrected chi connectivity index (χ2v) is 4.47. The number of hydrogen-bond acceptors (Lipinski definition) is 6. The molecule has 0 aromatic carbocycles. The first-order valence-corrected chi connectivity index (χ1v) is 6.17. The molecule has 0 unspecified atom stereocenters. The topological polar surface area (TPSA) is 94.4 Å². The van der Waals surface area contributed by atoms with Crippen LogP contribution in [0.3, 0.4) is 0 Å². The SMILES string of the molecule is O=C(c1ncn2c(=O)n(CCOC(F)(F)F)nnc12)N1CC1. The van der Waals surface area contributed by atoms with E-state index in [0.29, 0.717) is 17.8 Å². The van der Waals surface area contributed by atoms with Crippen molar-refractivity contribution in [3.8, 4) is 0 Å². The van der Waals surface area contributed by atoms with Gasteiger partial charge in [0.1, 0.15) is 6.33 Å². The summed E-state index contributed by atoms with van der Waals surface area (Å²) in [6.07, 6.45) is -3.70. The van der Waals surface area contributed by atoms with Crippen molar-refractivity contribution in [2.75, 3.05) is 19.7 Å². The Balaban J connectivity index is 1.84. The maximum absolute atomic E-state index is 12.0. The van der Waals surface area contributed by atoms with Crippen molar-refractivity contribution in [2.24, 2.45) is 0 Å². The number of halogens is 3. The molecule has 2 aromatic rings. The predicted molar refractivity (Wildman–Crippen MR) is 63.0 cm³/mol. The summed E-state index contributed by atoms with van der Waals surface area (Å²) in [5, 5.41) is 7.17. The Bertz CT molecular complexity index is 778. The lowest BCUT2D eigenvalue weighted by molar-refractivity contribution is -0.325. The molecule has 22 heavy (non-hydrogen) atoms. The van der Waals surface area contributed by atoms with Crippen LogP contribution in [0.15, 0.2) is 11.1 Å². The molecule has 0 atom stereocenters. The highest BCUT2D eigenvalue weighted by atomic mass is 19.4. The van der Waals surface area contributed by atoms with Crippen LogP contribution in [-0.2, 0) is 11.3 Å². The van der Waals surface area contributed by atoms with Crippen molar-refractivity contribution >= 4 is 11.6 Å². The second kappa shape index (κ2) is 5.05. The molecule has 1 amide bonds. The Morgan fingerprint density at radius 1 is 1.36 bits per heavy atom. The number of fused-ring (bicyclic) bond motifs is 1. The molecule has 0 N–H and O–H groups in total. The first kappa shape index (κ1) is 14.4. The fourth-order valence-corrected chi connectivity index (χ4v) is 1.78. The van der Waals surface area contributed by atoms with Gasteiger partial charge in [-0.3, -0.25) is 9.53 Å². The average molecular weight is 318 g/mol. The van der Waals surface area contributed by atoms with Gasteiger partial charge in [-0.1, -0.05) is 5.21 Å². The van der Waals surface area contributed by atoms with Gasteiger partial charge in [0.2, 0.25) is 0 Å². The van der Waals surface area contributed by atoms with E-state index in [1.165, 1.54) is 4.90 Å². The molecular weight excluding hydrogens is 309 g/mol. The third kappa shape index (κ3) is 2.77. The van der Waals surface area contributed by atoms with Crippen molar-refractivity contribution < 1.29 is 22.7 Å². The minimum absolute atomic E-state index is 0.0132. The fraction of sp³-hybridized carbons (Fsp3) is 0.500. The molecule has 118 valence electrons. The average Bonchev–Trinajstić information content (AvgIpc) is 3.19. The molecule has 0 aliphatic carbocycles. The number of imidazole rings is 1. The highest BCUT2D eigenvalue weighted by molar-refractivity contribution is 5.98. The third-order valence-electron chi connectivity index (χ3n) is 2.92. The highest BCUT2D eigenvalue weighted by Crippen LogP contribution is 2.15. The van der Waals surface area contributed by atoms with Crippen molar-refractivity contribution in [1.82, 2.24) is 29.3 Å². The van der Waals surface area contributed by atoms with E-state index in [9.17, 15) is 22.8 Å². The van der Waals surface area contributed by atoms with Crippen LogP contribution in [0.2, 0.25) is 0 Å². The van der Waals surface area contributed by atoms with Crippen molar-refractivity contribution in [3.05, 3.63) is 22.5 Å². The van der Waals surface area contributed by atoms with E-state index in [1.807, 2.05) is 0 Å². The molecule has 2 aromatic heterocycles. The maximum Gasteiger partial charge on any atom is 0.522 e. The summed E-state index contributed by atoms with van der Waals surface area (Å²) < 4.78 is 40.9. The molecule has 1 fully saturated rings. The van der Waals surface area contributed by atoms with Gasteiger partial charge in [-0.05, 0) is 0 Å². The zero-order chi connectivity index (χ0) is 15.9. The first-order valence-electron chi connectivity index (χ1n) is 6.17. The summed E-state index contributed by atoms with van der Waals surface area (Å²) in [7, 11) is 0. The van der Waals surface area contributed by atoms with Crippen LogP contribution in [0.4, 0.5) is 13.2 Å². The Kier molecular flexibility index (Phi) is 3.31. The number of amides is 1. The maximum atomic E-state index is 12.0. The number of aromatic nitrogens is 5. The number of alkyl halides is 3. The Labute approximate surface area is 119 Å². The lowest BCUT2D eigenvalue weighted by Crippen LogP contribution is -2.32. The molecule has 0 bridgehead atoms. The van der Waals surface area contributed by atoms with Gasteiger partial charge in [-0.15, -0.1) is 18.3 Å². The van der Waals surface area contributed by atoms with E-state index in [-0.39, 0.29) is 17.2 Å². The van der Waals surface area contributed by atoms with E-state index in [4.69, 9.17) is 0 Å². The normalized spacial score (nSPS) is 14.6. The Hall–Kier alpha value is -2.50. The highest BCUT2D eigenvalue weighted by Gasteiger charge is 2.30. The standard InChI is InChI=1S/C10H9F3N6O3/c11-10(12,13)22-4-3-19-9(21)18-5-14-6(7(18)15-16-19)8(20)17-1-2-17/h5H,1-4H2. The van der Waals surface area contributed by atoms with E-state index in [2.05, 4.69) is 20.0 Å². The van der Waals surface area contributed by atoms with Crippen LogP contribution in [0.5, 0.6) is 0 Å². The number of rotatable bonds is 4. The number of ether oxygens (including phenoxy) is 1. The minimum Gasteiger partial charge on any atom is -0.334 e. The van der Waals surface area contributed by atoms with Crippen molar-refractivity contribution in [1.29, 1.82) is 0 Å². The van der Waals surface area contributed by atoms with Gasteiger partial charge in [0.05, 0.1) is 13.2 Å². The van der Waals surface area contributed by atoms with Crippen molar-refractivity contribution in [3.63, 3.8) is 0 Å². The zero-order valence-electron chi connectivity index (χ0n) is 10.9. The number of hydrogen-bond donors (Lipinski definition) is 0. The summed E-state index contributed by atoms with van der Waals surface area (Å²) in [5.41, 5.74) is -0.802. The lowest BCUT2D eigenvalue weighted by Gasteiger charge is -2.07. The van der Waals surface area contributed by atoms with Gasteiger partial charge in [-0.2, -0.15) is 4.68 Å². The van der Waals surface area contributed by atoms with E-state index in [0.717, 1.165) is 10.7 Å². The lowest BCUT2D eigenvalue weighted by atomic mass is 10.4. The largest absolute Gasteiger partial charge is 0.522 e. The molecule has 0 radical (unpaired) electrons. The molecule has 1 saturated heterocycles. The van der Waals surface area contributed by atoms with Crippen LogP contribution in [0, 0.1) is 0 Å². The molecule has 1 aliphatic rings. The van der Waals surface area contributed by atoms with Gasteiger partial charge in [0, 0.05) is 13.1 Å². The van der Waals surface area contributed by atoms with Crippen LogP contribution in [-0.4, -0.2) is 61.2 Å². The quantitative estimate of drug-likeness (QED) is 0.691. The van der Waals surface area contributed by atoms with Gasteiger partial charge >= 0.3 is 12.1 Å². The number of nitrogens with zero attached hydrogens (tertiary/aromatic N) is 6. The molecule has 12 heteroatoms. The molecule has 0 spiro atoms. The van der Waals surface area contributed by atoms with Crippen molar-refractivity contribution in [2.45, 2.75) is 12.9 Å². The van der Waals surface area contributed by atoms with Crippen LogP contribution < -0.4 is 5.69 Å². The van der Waals surface area contributed by atoms with Crippen LogP contribution in [0.1, 0.15) is 10.5 Å². The molecule has 3 heterocycles. The molecule has 1 aliphatic heterocycles. The van der Waals surface area contributed by atoms with Crippen LogP contribution in [0.25, 0.3) is 5.65 Å².